The lowest BCUT2D eigenvalue weighted by molar-refractivity contribution is 0.227. The van der Waals surface area contributed by atoms with E-state index >= 15 is 0 Å². The van der Waals surface area contributed by atoms with Crippen LogP contribution in [-0.2, 0) is 38.5 Å². The Hall–Kier alpha value is -7.58. The Kier molecular flexibility index (Phi) is 16.5. The second-order valence-corrected chi connectivity index (χ2v) is 20.5. The first-order chi connectivity index (χ1) is 38.0. The molecule has 0 N–H and O–H groups in total. The molecule has 10 rings (SSSR count). The maximum absolute atomic E-state index is 7.05. The highest BCUT2D eigenvalue weighted by atomic mass is 16.6. The van der Waals surface area contributed by atoms with Crippen LogP contribution in [-0.4, -0.2) is 105 Å². The Balaban J connectivity index is 1.02. The van der Waals surface area contributed by atoms with Crippen molar-refractivity contribution in [3.05, 3.63) is 171 Å². The second-order valence-electron chi connectivity index (χ2n) is 20.5. The molecule has 3 heterocycles. The fourth-order valence-corrected chi connectivity index (χ4v) is 11.4. The monoisotopic (exact) mass is 1060 g/mol. The third-order valence-corrected chi connectivity index (χ3v) is 15.9. The molecule has 13 nitrogen and oxygen atoms in total. The van der Waals surface area contributed by atoms with Gasteiger partial charge in [0.05, 0.1) is 49.3 Å². The van der Waals surface area contributed by atoms with Crippen molar-refractivity contribution in [2.24, 2.45) is 0 Å². The van der Waals surface area contributed by atoms with E-state index in [-0.39, 0.29) is 18.1 Å². The van der Waals surface area contributed by atoms with Gasteiger partial charge in [0, 0.05) is 43.8 Å². The lowest BCUT2D eigenvalue weighted by Crippen LogP contribution is -2.33. The van der Waals surface area contributed by atoms with Crippen molar-refractivity contribution >= 4 is 0 Å². The van der Waals surface area contributed by atoms with Crippen molar-refractivity contribution < 1.29 is 47.4 Å². The van der Waals surface area contributed by atoms with E-state index in [9.17, 15) is 0 Å². The summed E-state index contributed by atoms with van der Waals surface area (Å²) in [5.41, 5.74) is 10.8. The minimum Gasteiger partial charge on any atom is -0.497 e. The molecule has 7 aromatic carbocycles. The number of ether oxygens (including phenoxy) is 10. The van der Waals surface area contributed by atoms with E-state index in [1.54, 1.807) is 42.7 Å². The van der Waals surface area contributed by atoms with Gasteiger partial charge < -0.3 is 47.4 Å². The van der Waals surface area contributed by atoms with Crippen LogP contribution in [0.2, 0.25) is 0 Å². The summed E-state index contributed by atoms with van der Waals surface area (Å²) in [6.07, 6.45) is 5.03. The van der Waals surface area contributed by atoms with Gasteiger partial charge in [0.25, 0.3) is 0 Å². The molecule has 0 spiro atoms. The average Bonchev–Trinajstić information content (AvgIpc) is 3.58. The minimum atomic E-state index is 0.0567. The first-order valence-electron chi connectivity index (χ1n) is 27.0. The molecule has 0 radical (unpaired) electrons. The maximum atomic E-state index is 7.05. The van der Waals surface area contributed by atoms with Crippen molar-refractivity contribution in [2.75, 3.05) is 90.0 Å². The molecule has 0 saturated heterocycles. The van der Waals surface area contributed by atoms with E-state index in [0.717, 1.165) is 74.6 Å². The SMILES string of the molecule is CCOc1ccc(Oc2cc(CC3c4cc(OC)c(OC)cc4CCN3C)ccc2Oc2cc3c(cc2OC)CCN(C)C3Cc2ccc(OC)cc2)cc1Oc1cc2c(cc1OC)CCN(C)C2Cc1ccc(OC)cc1. The van der Waals surface area contributed by atoms with Crippen molar-refractivity contribution in [1.82, 2.24) is 14.7 Å². The van der Waals surface area contributed by atoms with Gasteiger partial charge in [-0.05, 0) is 202 Å². The number of benzene rings is 7. The highest BCUT2D eigenvalue weighted by Crippen LogP contribution is 2.48. The van der Waals surface area contributed by atoms with Gasteiger partial charge in [-0.2, -0.15) is 0 Å². The Morgan fingerprint density at radius 3 is 1.15 bits per heavy atom. The molecule has 13 heteroatoms. The highest BCUT2D eigenvalue weighted by Gasteiger charge is 2.31. The Morgan fingerprint density at radius 2 is 0.705 bits per heavy atom. The average molecular weight is 1060 g/mol. The van der Waals surface area contributed by atoms with Gasteiger partial charge in [-0.1, -0.05) is 30.3 Å². The molecular formula is C65H73N3O10. The molecule has 3 aliphatic rings. The van der Waals surface area contributed by atoms with E-state index in [0.29, 0.717) is 70.5 Å². The predicted molar refractivity (Wildman–Crippen MR) is 304 cm³/mol. The lowest BCUT2D eigenvalue weighted by Gasteiger charge is -2.35. The van der Waals surface area contributed by atoms with Gasteiger partial charge >= 0.3 is 0 Å². The first kappa shape index (κ1) is 53.8. The molecule has 0 bridgehead atoms. The molecule has 0 amide bonds. The highest BCUT2D eigenvalue weighted by molar-refractivity contribution is 5.58. The van der Waals surface area contributed by atoms with Crippen molar-refractivity contribution in [3.8, 4) is 74.7 Å². The zero-order valence-corrected chi connectivity index (χ0v) is 46.8. The summed E-state index contributed by atoms with van der Waals surface area (Å²) in [5, 5.41) is 0. The van der Waals surface area contributed by atoms with Crippen LogP contribution in [0.15, 0.2) is 121 Å². The quantitative estimate of drug-likeness (QED) is 0.0724. The Bertz CT molecular complexity index is 3220. The summed E-state index contributed by atoms with van der Waals surface area (Å²) in [6.45, 7) is 5.14. The molecule has 408 valence electrons. The van der Waals surface area contributed by atoms with Crippen LogP contribution >= 0.6 is 0 Å². The largest absolute Gasteiger partial charge is 0.497 e. The molecule has 3 atom stereocenters. The third-order valence-electron chi connectivity index (χ3n) is 15.9. The van der Waals surface area contributed by atoms with E-state index in [1.165, 1.54) is 44.5 Å². The van der Waals surface area contributed by atoms with E-state index in [2.05, 4.69) is 109 Å². The normalized spacial score (nSPS) is 17.2. The molecule has 0 aromatic heterocycles. The Morgan fingerprint density at radius 1 is 0.346 bits per heavy atom. The topological polar surface area (TPSA) is 102 Å². The summed E-state index contributed by atoms with van der Waals surface area (Å²) in [6, 6.07) is 41.6. The number of fused-ring (bicyclic) bond motifs is 3. The van der Waals surface area contributed by atoms with Crippen LogP contribution in [0.5, 0.6) is 74.7 Å². The van der Waals surface area contributed by atoms with Gasteiger partial charge in [0.15, 0.2) is 57.5 Å². The van der Waals surface area contributed by atoms with Crippen molar-refractivity contribution in [3.63, 3.8) is 0 Å². The number of methoxy groups -OCH3 is 6. The van der Waals surface area contributed by atoms with Crippen LogP contribution in [0, 0.1) is 0 Å². The van der Waals surface area contributed by atoms with E-state index < -0.39 is 0 Å². The maximum Gasteiger partial charge on any atom is 0.173 e. The fraction of sp³-hybridized carbons (Fsp3) is 0.354. The van der Waals surface area contributed by atoms with Gasteiger partial charge in [0.2, 0.25) is 0 Å². The van der Waals surface area contributed by atoms with Crippen LogP contribution < -0.4 is 47.4 Å². The zero-order chi connectivity index (χ0) is 54.5. The fourth-order valence-electron chi connectivity index (χ4n) is 11.4. The number of nitrogens with zero attached hydrogens (tertiary/aromatic N) is 3. The lowest BCUT2D eigenvalue weighted by atomic mass is 9.88. The van der Waals surface area contributed by atoms with E-state index in [1.807, 2.05) is 55.5 Å². The number of hydrogen-bond donors (Lipinski definition) is 0. The van der Waals surface area contributed by atoms with Gasteiger partial charge in [-0.15, -0.1) is 0 Å². The first-order valence-corrected chi connectivity index (χ1v) is 27.0. The van der Waals surface area contributed by atoms with Crippen LogP contribution in [0.1, 0.15) is 75.1 Å². The van der Waals surface area contributed by atoms with Crippen LogP contribution in [0.25, 0.3) is 0 Å². The smallest absolute Gasteiger partial charge is 0.173 e. The summed E-state index contributed by atoms with van der Waals surface area (Å²) >= 11 is 0. The van der Waals surface area contributed by atoms with Crippen LogP contribution in [0.4, 0.5) is 0 Å². The summed E-state index contributed by atoms with van der Waals surface area (Å²) in [5.74, 6) is 8.21. The number of likely N-dealkylation sites (N-methyl/N-ethyl adjacent to an activating group) is 3. The van der Waals surface area contributed by atoms with Gasteiger partial charge in [0.1, 0.15) is 17.2 Å². The van der Waals surface area contributed by atoms with Crippen molar-refractivity contribution in [2.45, 2.75) is 63.6 Å². The minimum absolute atomic E-state index is 0.0567. The summed E-state index contributed by atoms with van der Waals surface area (Å²) in [4.78, 5) is 7.23. The molecule has 78 heavy (non-hydrogen) atoms. The Labute approximate surface area is 460 Å². The van der Waals surface area contributed by atoms with Crippen molar-refractivity contribution in [1.29, 1.82) is 0 Å². The number of hydrogen-bond acceptors (Lipinski definition) is 13. The molecule has 0 aliphatic carbocycles. The number of rotatable bonds is 20. The van der Waals surface area contributed by atoms with Gasteiger partial charge in [-0.3, -0.25) is 14.7 Å². The molecule has 0 saturated carbocycles. The summed E-state index contributed by atoms with van der Waals surface area (Å²) < 4.78 is 61.9. The molecule has 3 aliphatic heterocycles. The van der Waals surface area contributed by atoms with Gasteiger partial charge in [-0.25, -0.2) is 0 Å². The molecule has 0 fully saturated rings. The second kappa shape index (κ2) is 24.0. The van der Waals surface area contributed by atoms with E-state index in [4.69, 9.17) is 47.4 Å². The predicted octanol–water partition coefficient (Wildman–Crippen LogP) is 12.8. The zero-order valence-electron chi connectivity index (χ0n) is 46.8. The van der Waals surface area contributed by atoms with Crippen LogP contribution in [0.3, 0.4) is 0 Å². The standard InChI is InChI=1S/C65H73N3O10/c1-11-75-56-23-21-49(37-63(56)78-65-40-52-46(36-60(65)73-9)26-28-67(3)54(52)31-42-14-19-48(70-6)20-15-42)76-62-33-43(32-55-50-38-61(74-10)58(71-7)34-44(50)24-29-68(55)4)16-22-57(62)77-64-39-51-45(35-59(64)72-8)25-27-66(2)53(51)30-41-12-17-47(69-5)18-13-41/h12-23,33-40,53-55H,11,24-32H2,1-10H3. The molecule has 7 aromatic rings. The molecule has 3 unspecified atom stereocenters. The third kappa shape index (κ3) is 11.5. The molecular weight excluding hydrogens is 983 g/mol. The summed E-state index contributed by atoms with van der Waals surface area (Å²) in [7, 11) is 16.7.